The van der Waals surface area contributed by atoms with Crippen LogP contribution in [0.2, 0.25) is 0 Å². The second kappa shape index (κ2) is 6.18. The maximum absolute atomic E-state index is 11.6. The molecule has 2 heterocycles. The SMILES string of the molecule is CC(C)CNC(=O)CCNc1nc(N)nc2nc[nH]c12. The molecule has 0 aliphatic heterocycles. The topological polar surface area (TPSA) is 122 Å². The van der Waals surface area contributed by atoms with Crippen molar-refractivity contribution in [1.29, 1.82) is 0 Å². The Morgan fingerprint density at radius 3 is 3.00 bits per heavy atom. The molecule has 2 aromatic rings. The van der Waals surface area contributed by atoms with Crippen molar-refractivity contribution in [2.24, 2.45) is 5.92 Å². The summed E-state index contributed by atoms with van der Waals surface area (Å²) in [6, 6.07) is 0. The Labute approximate surface area is 116 Å². The van der Waals surface area contributed by atoms with Gasteiger partial charge in [-0.05, 0) is 5.92 Å². The van der Waals surface area contributed by atoms with Crippen LogP contribution in [0.5, 0.6) is 0 Å². The zero-order valence-electron chi connectivity index (χ0n) is 11.6. The number of aromatic nitrogens is 4. The van der Waals surface area contributed by atoms with E-state index in [1.54, 1.807) is 0 Å². The van der Waals surface area contributed by atoms with Crippen LogP contribution in [0.3, 0.4) is 0 Å². The average molecular weight is 277 g/mol. The highest BCUT2D eigenvalue weighted by Crippen LogP contribution is 2.16. The summed E-state index contributed by atoms with van der Waals surface area (Å²) in [7, 11) is 0. The Morgan fingerprint density at radius 1 is 1.45 bits per heavy atom. The molecule has 0 aromatic carbocycles. The van der Waals surface area contributed by atoms with E-state index in [9.17, 15) is 4.79 Å². The molecule has 5 N–H and O–H groups in total. The highest BCUT2D eigenvalue weighted by Gasteiger charge is 2.08. The summed E-state index contributed by atoms with van der Waals surface area (Å²) in [5.41, 5.74) is 6.79. The van der Waals surface area contributed by atoms with E-state index in [0.29, 0.717) is 42.4 Å². The lowest BCUT2D eigenvalue weighted by Gasteiger charge is -2.09. The van der Waals surface area contributed by atoms with Crippen molar-refractivity contribution in [3.63, 3.8) is 0 Å². The standard InChI is InChI=1S/C12H19N7O/c1-7(2)5-15-8(20)3-4-14-10-9-11(17-6-16-9)19-12(13)18-10/h6-7H,3-5H2,1-2H3,(H,15,20)(H4,13,14,16,17,18,19). The molecule has 8 heteroatoms. The van der Waals surface area contributed by atoms with Crippen LogP contribution < -0.4 is 16.4 Å². The van der Waals surface area contributed by atoms with E-state index in [2.05, 4.69) is 44.4 Å². The van der Waals surface area contributed by atoms with E-state index in [4.69, 9.17) is 5.73 Å². The van der Waals surface area contributed by atoms with Gasteiger partial charge in [0.2, 0.25) is 11.9 Å². The highest BCUT2D eigenvalue weighted by molar-refractivity contribution is 5.83. The molecule has 0 saturated carbocycles. The predicted molar refractivity (Wildman–Crippen MR) is 77.1 cm³/mol. The van der Waals surface area contributed by atoms with Gasteiger partial charge >= 0.3 is 0 Å². The number of imidazole rings is 1. The van der Waals surface area contributed by atoms with Gasteiger partial charge in [0.1, 0.15) is 5.52 Å². The van der Waals surface area contributed by atoms with Gasteiger partial charge in [-0.15, -0.1) is 0 Å². The largest absolute Gasteiger partial charge is 0.368 e. The maximum atomic E-state index is 11.6. The molecule has 8 nitrogen and oxygen atoms in total. The summed E-state index contributed by atoms with van der Waals surface area (Å²) in [6.45, 7) is 5.26. The van der Waals surface area contributed by atoms with Crippen LogP contribution in [0.15, 0.2) is 6.33 Å². The molecular weight excluding hydrogens is 258 g/mol. The van der Waals surface area contributed by atoms with Gasteiger partial charge in [-0.25, -0.2) is 4.98 Å². The number of nitrogens with zero attached hydrogens (tertiary/aromatic N) is 3. The molecule has 0 unspecified atom stereocenters. The summed E-state index contributed by atoms with van der Waals surface area (Å²) >= 11 is 0. The average Bonchev–Trinajstić information content (AvgIpc) is 2.84. The van der Waals surface area contributed by atoms with Crippen molar-refractivity contribution in [3.8, 4) is 0 Å². The summed E-state index contributed by atoms with van der Waals surface area (Å²) in [4.78, 5) is 26.6. The molecular formula is C12H19N7O. The minimum Gasteiger partial charge on any atom is -0.368 e. The minimum atomic E-state index is 0.00841. The Bertz CT molecular complexity index is 593. The summed E-state index contributed by atoms with van der Waals surface area (Å²) < 4.78 is 0. The van der Waals surface area contributed by atoms with Gasteiger partial charge in [-0.1, -0.05) is 13.8 Å². The van der Waals surface area contributed by atoms with Gasteiger partial charge in [-0.2, -0.15) is 9.97 Å². The molecule has 108 valence electrons. The van der Waals surface area contributed by atoms with Gasteiger partial charge in [0.05, 0.1) is 6.33 Å². The number of H-pyrrole nitrogens is 1. The van der Waals surface area contributed by atoms with E-state index in [0.717, 1.165) is 0 Å². The van der Waals surface area contributed by atoms with Gasteiger partial charge in [-0.3, -0.25) is 4.79 Å². The number of hydrogen-bond acceptors (Lipinski definition) is 6. The number of rotatable bonds is 6. The predicted octanol–water partition coefficient (Wildman–Crippen LogP) is 0.509. The van der Waals surface area contributed by atoms with Crippen molar-refractivity contribution < 1.29 is 4.79 Å². The first-order valence-electron chi connectivity index (χ1n) is 6.53. The molecule has 2 aromatic heterocycles. The lowest BCUT2D eigenvalue weighted by Crippen LogP contribution is -2.28. The Balaban J connectivity index is 1.90. The van der Waals surface area contributed by atoms with Crippen LogP contribution >= 0.6 is 0 Å². The third-order valence-electron chi connectivity index (χ3n) is 2.65. The summed E-state index contributed by atoms with van der Waals surface area (Å²) in [5, 5.41) is 5.93. The fourth-order valence-electron chi connectivity index (χ4n) is 1.68. The smallest absolute Gasteiger partial charge is 0.224 e. The van der Waals surface area contributed by atoms with E-state index < -0.39 is 0 Å². The number of hydrogen-bond donors (Lipinski definition) is 4. The minimum absolute atomic E-state index is 0.00841. The lowest BCUT2D eigenvalue weighted by molar-refractivity contribution is -0.120. The van der Waals surface area contributed by atoms with Crippen molar-refractivity contribution >= 4 is 28.8 Å². The van der Waals surface area contributed by atoms with Gasteiger partial charge in [0.15, 0.2) is 11.5 Å². The number of fused-ring (bicyclic) bond motifs is 1. The maximum Gasteiger partial charge on any atom is 0.224 e. The van der Waals surface area contributed by atoms with E-state index in [-0.39, 0.29) is 11.9 Å². The third kappa shape index (κ3) is 3.56. The third-order valence-corrected chi connectivity index (χ3v) is 2.65. The van der Waals surface area contributed by atoms with Gasteiger partial charge in [0.25, 0.3) is 0 Å². The first-order valence-corrected chi connectivity index (χ1v) is 6.53. The van der Waals surface area contributed by atoms with Gasteiger partial charge in [0, 0.05) is 19.5 Å². The number of anilines is 2. The molecule has 1 amide bonds. The fourth-order valence-corrected chi connectivity index (χ4v) is 1.68. The number of aromatic amines is 1. The van der Waals surface area contributed by atoms with Crippen molar-refractivity contribution in [3.05, 3.63) is 6.33 Å². The van der Waals surface area contributed by atoms with Crippen molar-refractivity contribution in [2.75, 3.05) is 24.1 Å². The normalized spacial score (nSPS) is 10.9. The molecule has 0 bridgehead atoms. The van der Waals surface area contributed by atoms with Crippen LogP contribution in [0.25, 0.3) is 11.2 Å². The molecule has 2 rings (SSSR count). The Hall–Kier alpha value is -2.38. The molecule has 0 fully saturated rings. The molecule has 0 atom stereocenters. The van der Waals surface area contributed by atoms with Crippen LogP contribution in [-0.2, 0) is 4.79 Å². The number of amides is 1. The van der Waals surface area contributed by atoms with Crippen LogP contribution in [-0.4, -0.2) is 38.9 Å². The molecule has 0 spiro atoms. The molecule has 0 aliphatic carbocycles. The zero-order chi connectivity index (χ0) is 14.5. The number of nitrogens with one attached hydrogen (secondary N) is 3. The fraction of sp³-hybridized carbons (Fsp3) is 0.500. The van der Waals surface area contributed by atoms with Crippen LogP contribution in [0, 0.1) is 5.92 Å². The molecule has 0 saturated heterocycles. The number of carbonyl (C=O) groups is 1. The first kappa shape index (κ1) is 14.0. The number of carbonyl (C=O) groups excluding carboxylic acids is 1. The summed E-state index contributed by atoms with van der Waals surface area (Å²) in [5.74, 6) is 1.16. The Morgan fingerprint density at radius 2 is 2.25 bits per heavy atom. The second-order valence-corrected chi connectivity index (χ2v) is 4.91. The van der Waals surface area contributed by atoms with Crippen molar-refractivity contribution in [2.45, 2.75) is 20.3 Å². The molecule has 0 aliphatic rings. The lowest BCUT2D eigenvalue weighted by atomic mass is 10.2. The number of nitrogens with two attached hydrogens (primary N) is 1. The molecule has 20 heavy (non-hydrogen) atoms. The monoisotopic (exact) mass is 277 g/mol. The Kier molecular flexibility index (Phi) is 4.34. The van der Waals surface area contributed by atoms with Gasteiger partial charge < -0.3 is 21.4 Å². The quantitative estimate of drug-likeness (QED) is 0.610. The zero-order valence-corrected chi connectivity index (χ0v) is 11.6. The van der Waals surface area contributed by atoms with Crippen molar-refractivity contribution in [1.82, 2.24) is 25.3 Å². The van der Waals surface area contributed by atoms with Crippen LogP contribution in [0.1, 0.15) is 20.3 Å². The number of nitrogen functional groups attached to an aromatic ring is 1. The first-order chi connectivity index (χ1) is 9.56. The molecule has 0 radical (unpaired) electrons. The summed E-state index contributed by atoms with van der Waals surface area (Å²) in [6.07, 6.45) is 1.89. The second-order valence-electron chi connectivity index (χ2n) is 4.91. The van der Waals surface area contributed by atoms with E-state index in [1.165, 1.54) is 6.33 Å². The van der Waals surface area contributed by atoms with Crippen LogP contribution in [0.4, 0.5) is 11.8 Å². The highest BCUT2D eigenvalue weighted by atomic mass is 16.1. The van der Waals surface area contributed by atoms with E-state index >= 15 is 0 Å². The van der Waals surface area contributed by atoms with E-state index in [1.807, 2.05) is 0 Å².